The van der Waals surface area contributed by atoms with E-state index in [4.69, 9.17) is 4.74 Å². The largest absolute Gasteiger partial charge is 0.382 e. The number of hydrogen-bond donors (Lipinski definition) is 1. The summed E-state index contributed by atoms with van der Waals surface area (Å²) in [5.41, 5.74) is 2.85. The van der Waals surface area contributed by atoms with Gasteiger partial charge in [-0.1, -0.05) is 42.5 Å². The second kappa shape index (κ2) is 8.47. The maximum Gasteiger partial charge on any atom is 0.232 e. The van der Waals surface area contributed by atoms with Gasteiger partial charge in [0.25, 0.3) is 0 Å². The van der Waals surface area contributed by atoms with E-state index in [2.05, 4.69) is 24.4 Å². The van der Waals surface area contributed by atoms with E-state index in [-0.39, 0.29) is 11.4 Å². The lowest BCUT2D eigenvalue weighted by molar-refractivity contribution is -0.120. The molecule has 1 fully saturated rings. The molecule has 4 heteroatoms. The van der Waals surface area contributed by atoms with Crippen molar-refractivity contribution in [2.24, 2.45) is 0 Å². The van der Waals surface area contributed by atoms with E-state index in [9.17, 15) is 4.79 Å². The van der Waals surface area contributed by atoms with Crippen LogP contribution >= 0.6 is 0 Å². The van der Waals surface area contributed by atoms with Gasteiger partial charge in [0.2, 0.25) is 5.91 Å². The first kappa shape index (κ1) is 18.6. The summed E-state index contributed by atoms with van der Waals surface area (Å²) in [6.45, 7) is 4.40. The molecule has 1 N–H and O–H groups in total. The Morgan fingerprint density at radius 3 is 2.50 bits per heavy atom. The minimum Gasteiger partial charge on any atom is -0.382 e. The monoisotopic (exact) mass is 352 g/mol. The Morgan fingerprint density at radius 2 is 1.85 bits per heavy atom. The third kappa shape index (κ3) is 4.14. The Balaban J connectivity index is 1.99. The fourth-order valence-corrected chi connectivity index (χ4v) is 3.89. The molecule has 1 amide bonds. The molecule has 0 aliphatic carbocycles. The number of nitrogens with one attached hydrogen (secondary N) is 1. The van der Waals surface area contributed by atoms with Crippen LogP contribution in [0.1, 0.15) is 24.0 Å². The zero-order valence-corrected chi connectivity index (χ0v) is 15.7. The van der Waals surface area contributed by atoms with Crippen molar-refractivity contribution in [1.29, 1.82) is 0 Å². The highest BCUT2D eigenvalue weighted by atomic mass is 16.5. The number of nitrogens with zero attached hydrogens (tertiary/aromatic N) is 1. The van der Waals surface area contributed by atoms with Gasteiger partial charge in [0.15, 0.2) is 0 Å². The van der Waals surface area contributed by atoms with Crippen molar-refractivity contribution in [2.75, 3.05) is 31.7 Å². The first-order valence-corrected chi connectivity index (χ1v) is 9.28. The second-order valence-electron chi connectivity index (χ2n) is 7.14. The molecule has 1 heterocycles. The molecular formula is C22H28N2O2. The van der Waals surface area contributed by atoms with Crippen molar-refractivity contribution < 1.29 is 9.53 Å². The van der Waals surface area contributed by atoms with Gasteiger partial charge in [-0.3, -0.25) is 4.79 Å². The Kier molecular flexibility index (Phi) is 6.07. The summed E-state index contributed by atoms with van der Waals surface area (Å²) in [7, 11) is 1.72. The lowest BCUT2D eigenvalue weighted by Gasteiger charge is -2.46. The highest BCUT2D eigenvalue weighted by Gasteiger charge is 2.41. The third-order valence-electron chi connectivity index (χ3n) is 5.13. The molecule has 3 rings (SSSR count). The molecule has 0 atom stereocenters. The zero-order valence-electron chi connectivity index (χ0n) is 15.7. The molecule has 0 aromatic heterocycles. The van der Waals surface area contributed by atoms with Gasteiger partial charge < -0.3 is 15.0 Å². The standard InChI is InChI=1S/C22H28N2O2/c1-18-7-6-10-20(15-18)24(21(25)16-19-8-4-3-5-9-19)22(17-26-2)11-13-23-14-12-22/h3-10,15,23H,11-14,16-17H2,1-2H3. The van der Waals surface area contributed by atoms with Gasteiger partial charge in [-0.05, 0) is 56.1 Å². The van der Waals surface area contributed by atoms with E-state index >= 15 is 0 Å². The molecule has 2 aromatic rings. The lowest BCUT2D eigenvalue weighted by Crippen LogP contribution is -2.60. The second-order valence-corrected chi connectivity index (χ2v) is 7.14. The SMILES string of the molecule is COCC1(N(C(=O)Cc2ccccc2)c2cccc(C)c2)CCNCC1. The van der Waals surface area contributed by atoms with Gasteiger partial charge in [-0.2, -0.15) is 0 Å². The van der Waals surface area contributed by atoms with Gasteiger partial charge in [0.1, 0.15) is 0 Å². The van der Waals surface area contributed by atoms with E-state index in [1.807, 2.05) is 47.4 Å². The number of amides is 1. The summed E-state index contributed by atoms with van der Waals surface area (Å²) in [5.74, 6) is 0.126. The average molecular weight is 352 g/mol. The molecule has 0 unspecified atom stereocenters. The van der Waals surface area contributed by atoms with E-state index in [1.54, 1.807) is 7.11 Å². The maximum absolute atomic E-state index is 13.5. The van der Waals surface area contributed by atoms with Crippen LogP contribution in [0.4, 0.5) is 5.69 Å². The smallest absolute Gasteiger partial charge is 0.232 e. The first-order valence-electron chi connectivity index (χ1n) is 9.28. The number of hydrogen-bond acceptors (Lipinski definition) is 3. The fourth-order valence-electron chi connectivity index (χ4n) is 3.89. The highest BCUT2D eigenvalue weighted by Crippen LogP contribution is 2.33. The number of carbonyl (C=O) groups is 1. The van der Waals surface area contributed by atoms with Crippen molar-refractivity contribution in [3.63, 3.8) is 0 Å². The molecule has 0 radical (unpaired) electrons. The number of aryl methyl sites for hydroxylation is 1. The average Bonchev–Trinajstić information content (AvgIpc) is 2.64. The molecule has 0 saturated carbocycles. The van der Waals surface area contributed by atoms with Crippen molar-refractivity contribution in [2.45, 2.75) is 31.7 Å². The number of carbonyl (C=O) groups excluding carboxylic acids is 1. The topological polar surface area (TPSA) is 41.6 Å². The summed E-state index contributed by atoms with van der Waals surface area (Å²) in [5, 5.41) is 3.41. The quantitative estimate of drug-likeness (QED) is 0.867. The van der Waals surface area contributed by atoms with Crippen LogP contribution in [-0.4, -0.2) is 38.3 Å². The van der Waals surface area contributed by atoms with Gasteiger partial charge >= 0.3 is 0 Å². The van der Waals surface area contributed by atoms with Crippen molar-refractivity contribution in [1.82, 2.24) is 5.32 Å². The van der Waals surface area contributed by atoms with E-state index < -0.39 is 0 Å². The number of rotatable bonds is 6. The third-order valence-corrected chi connectivity index (χ3v) is 5.13. The molecule has 4 nitrogen and oxygen atoms in total. The first-order chi connectivity index (χ1) is 12.6. The maximum atomic E-state index is 13.5. The Hall–Kier alpha value is -2.17. The summed E-state index contributed by atoms with van der Waals surface area (Å²) in [4.78, 5) is 15.5. The minimum absolute atomic E-state index is 0.126. The number of methoxy groups -OCH3 is 1. The van der Waals surface area contributed by atoms with Crippen LogP contribution in [0.5, 0.6) is 0 Å². The van der Waals surface area contributed by atoms with Gasteiger partial charge in [-0.25, -0.2) is 0 Å². The lowest BCUT2D eigenvalue weighted by atomic mass is 9.85. The van der Waals surface area contributed by atoms with Crippen molar-refractivity contribution in [3.8, 4) is 0 Å². The highest BCUT2D eigenvalue weighted by molar-refractivity contribution is 5.96. The number of piperidine rings is 1. The fraction of sp³-hybridized carbons (Fsp3) is 0.409. The Labute approximate surface area is 156 Å². The van der Waals surface area contributed by atoms with Crippen LogP contribution in [0.15, 0.2) is 54.6 Å². The van der Waals surface area contributed by atoms with Gasteiger partial charge in [-0.15, -0.1) is 0 Å². The van der Waals surface area contributed by atoms with Crippen LogP contribution in [0.2, 0.25) is 0 Å². The summed E-state index contributed by atoms with van der Waals surface area (Å²) in [6.07, 6.45) is 2.16. The number of ether oxygens (including phenoxy) is 1. The number of anilines is 1. The Bertz CT molecular complexity index is 718. The molecule has 138 valence electrons. The zero-order chi connectivity index (χ0) is 18.4. The minimum atomic E-state index is -0.306. The van der Waals surface area contributed by atoms with Crippen molar-refractivity contribution in [3.05, 3.63) is 65.7 Å². The summed E-state index contributed by atoms with van der Waals surface area (Å²) in [6, 6.07) is 18.2. The summed E-state index contributed by atoms with van der Waals surface area (Å²) < 4.78 is 5.60. The van der Waals surface area contributed by atoms with Crippen LogP contribution in [0, 0.1) is 6.92 Å². The molecule has 0 bridgehead atoms. The van der Waals surface area contributed by atoms with E-state index in [0.717, 1.165) is 42.7 Å². The molecule has 1 aliphatic rings. The predicted molar refractivity (Wildman–Crippen MR) is 106 cm³/mol. The number of benzene rings is 2. The summed E-state index contributed by atoms with van der Waals surface area (Å²) >= 11 is 0. The molecule has 0 spiro atoms. The molecule has 1 saturated heterocycles. The Morgan fingerprint density at radius 1 is 1.12 bits per heavy atom. The van der Waals surface area contributed by atoms with E-state index in [0.29, 0.717) is 13.0 Å². The van der Waals surface area contributed by atoms with Crippen LogP contribution in [-0.2, 0) is 16.0 Å². The van der Waals surface area contributed by atoms with Gasteiger partial charge in [0, 0.05) is 12.8 Å². The molecule has 2 aromatic carbocycles. The predicted octanol–water partition coefficient (Wildman–Crippen LogP) is 3.34. The van der Waals surface area contributed by atoms with E-state index in [1.165, 1.54) is 0 Å². The molecule has 1 aliphatic heterocycles. The van der Waals surface area contributed by atoms with Gasteiger partial charge in [0.05, 0.1) is 18.6 Å². The van der Waals surface area contributed by atoms with Crippen LogP contribution < -0.4 is 10.2 Å². The normalized spacial score (nSPS) is 16.2. The van der Waals surface area contributed by atoms with Crippen LogP contribution in [0.25, 0.3) is 0 Å². The van der Waals surface area contributed by atoms with Crippen LogP contribution in [0.3, 0.4) is 0 Å². The molecule has 26 heavy (non-hydrogen) atoms. The van der Waals surface area contributed by atoms with Crippen molar-refractivity contribution >= 4 is 11.6 Å². The molecular weight excluding hydrogens is 324 g/mol.